The predicted molar refractivity (Wildman–Crippen MR) is 113 cm³/mol. The van der Waals surface area contributed by atoms with Crippen LogP contribution in [0.5, 0.6) is 0 Å². The summed E-state index contributed by atoms with van der Waals surface area (Å²) in [5, 5.41) is 5.53. The summed E-state index contributed by atoms with van der Waals surface area (Å²) in [4.78, 5) is 29.1. The first-order chi connectivity index (χ1) is 14.1. The van der Waals surface area contributed by atoms with Gasteiger partial charge in [0.1, 0.15) is 5.82 Å². The van der Waals surface area contributed by atoms with Gasteiger partial charge in [0.05, 0.1) is 5.69 Å². The van der Waals surface area contributed by atoms with Gasteiger partial charge in [0.25, 0.3) is 0 Å². The van der Waals surface area contributed by atoms with Crippen LogP contribution in [0.15, 0.2) is 48.5 Å². The summed E-state index contributed by atoms with van der Waals surface area (Å²) in [6, 6.07) is 12.6. The first-order valence-corrected chi connectivity index (χ1v) is 10.1. The van der Waals surface area contributed by atoms with Crippen molar-refractivity contribution in [2.24, 2.45) is 0 Å². The van der Waals surface area contributed by atoms with Crippen LogP contribution in [0.1, 0.15) is 43.0 Å². The van der Waals surface area contributed by atoms with Crippen molar-refractivity contribution in [2.75, 3.05) is 10.6 Å². The van der Waals surface area contributed by atoms with Gasteiger partial charge in [0, 0.05) is 29.1 Å². The monoisotopic (exact) mass is 412 g/mol. The lowest BCUT2D eigenvalue weighted by Gasteiger charge is -2.10. The third-order valence-corrected chi connectivity index (χ3v) is 4.85. The van der Waals surface area contributed by atoms with Crippen LogP contribution in [0.3, 0.4) is 0 Å². The van der Waals surface area contributed by atoms with Crippen LogP contribution >= 0.6 is 11.5 Å². The molecule has 2 N–H and O–H groups in total. The van der Waals surface area contributed by atoms with Crippen molar-refractivity contribution in [2.45, 2.75) is 32.6 Å². The molecule has 0 aliphatic heterocycles. The van der Waals surface area contributed by atoms with Crippen LogP contribution in [0.25, 0.3) is 11.4 Å². The van der Waals surface area contributed by atoms with Crippen LogP contribution in [0, 0.1) is 5.82 Å². The van der Waals surface area contributed by atoms with Gasteiger partial charge in [-0.05, 0) is 24.6 Å². The number of amides is 2. The molecule has 3 aromatic rings. The molecule has 0 fully saturated rings. The van der Waals surface area contributed by atoms with E-state index in [1.807, 2.05) is 37.3 Å². The Morgan fingerprint density at radius 3 is 2.62 bits per heavy atom. The lowest BCUT2D eigenvalue weighted by atomic mass is 10.0. The van der Waals surface area contributed by atoms with E-state index in [0.717, 1.165) is 42.4 Å². The fourth-order valence-corrected chi connectivity index (χ4v) is 3.34. The fraction of sp³-hybridized carbons (Fsp3) is 0.238. The smallest absolute Gasteiger partial charge is 0.307 e. The van der Waals surface area contributed by atoms with E-state index in [-0.39, 0.29) is 17.0 Å². The number of urea groups is 1. The maximum atomic E-state index is 13.6. The number of halogens is 1. The molecule has 0 aliphatic rings. The molecule has 29 heavy (non-hydrogen) atoms. The Labute approximate surface area is 172 Å². The number of anilines is 2. The second-order valence-electron chi connectivity index (χ2n) is 6.44. The Hall–Kier alpha value is -3.13. The standard InChI is InChI=1S/C21H21FN4O2S/c1-2-3-5-10-18(27)16-13-15(22)11-12-17(16)23-20(28)25-21-24-19(26-29-21)14-8-6-4-7-9-14/h4,6-9,11-13H,2-3,5,10H2,1H3,(H2,23,24,25,26,28). The number of carbonyl (C=O) groups excluding carboxylic acids is 2. The number of aromatic nitrogens is 2. The molecule has 0 atom stereocenters. The molecule has 0 bridgehead atoms. The first-order valence-electron chi connectivity index (χ1n) is 9.36. The van der Waals surface area contributed by atoms with E-state index in [4.69, 9.17) is 0 Å². The van der Waals surface area contributed by atoms with Gasteiger partial charge >= 0.3 is 6.03 Å². The van der Waals surface area contributed by atoms with Crippen LogP contribution in [-0.4, -0.2) is 21.2 Å². The Balaban J connectivity index is 1.68. The number of carbonyl (C=O) groups is 2. The minimum absolute atomic E-state index is 0.165. The SMILES string of the molecule is CCCCCC(=O)c1cc(F)ccc1NC(=O)Nc1nc(-c2ccccc2)ns1. The van der Waals surface area contributed by atoms with E-state index in [0.29, 0.717) is 17.4 Å². The molecular formula is C21H21FN4O2S. The lowest BCUT2D eigenvalue weighted by molar-refractivity contribution is 0.0979. The average Bonchev–Trinajstić information content (AvgIpc) is 3.18. The Bertz CT molecular complexity index is 991. The molecular weight excluding hydrogens is 391 g/mol. The van der Waals surface area contributed by atoms with Crippen molar-refractivity contribution in [3.05, 3.63) is 59.9 Å². The topological polar surface area (TPSA) is 84.0 Å². The minimum Gasteiger partial charge on any atom is -0.307 e. The molecule has 150 valence electrons. The van der Waals surface area contributed by atoms with Crippen molar-refractivity contribution in [1.29, 1.82) is 0 Å². The van der Waals surface area contributed by atoms with Crippen LogP contribution in [0.2, 0.25) is 0 Å². The zero-order chi connectivity index (χ0) is 20.6. The van der Waals surface area contributed by atoms with Gasteiger partial charge in [-0.2, -0.15) is 9.36 Å². The molecule has 1 heterocycles. The summed E-state index contributed by atoms with van der Waals surface area (Å²) in [7, 11) is 0. The summed E-state index contributed by atoms with van der Waals surface area (Å²) in [5.74, 6) is -0.207. The predicted octanol–water partition coefficient (Wildman–Crippen LogP) is 5.75. The van der Waals surface area contributed by atoms with E-state index < -0.39 is 11.8 Å². The molecule has 6 nitrogen and oxygen atoms in total. The van der Waals surface area contributed by atoms with Crippen molar-refractivity contribution in [3.63, 3.8) is 0 Å². The van der Waals surface area contributed by atoms with Gasteiger partial charge in [-0.25, -0.2) is 9.18 Å². The highest BCUT2D eigenvalue weighted by Gasteiger charge is 2.16. The van der Waals surface area contributed by atoms with E-state index in [9.17, 15) is 14.0 Å². The molecule has 3 rings (SSSR count). The summed E-state index contributed by atoms with van der Waals surface area (Å²) in [6.07, 6.45) is 2.94. The normalized spacial score (nSPS) is 10.6. The molecule has 0 unspecified atom stereocenters. The van der Waals surface area contributed by atoms with E-state index in [1.54, 1.807) is 0 Å². The third-order valence-electron chi connectivity index (χ3n) is 4.22. The molecule has 0 radical (unpaired) electrons. The van der Waals surface area contributed by atoms with Gasteiger partial charge in [0.2, 0.25) is 5.13 Å². The molecule has 8 heteroatoms. The Morgan fingerprint density at radius 1 is 1.07 bits per heavy atom. The van der Waals surface area contributed by atoms with Crippen molar-refractivity contribution < 1.29 is 14.0 Å². The number of Topliss-reactive ketones (excluding diaryl/α,β-unsaturated/α-hetero) is 1. The maximum Gasteiger partial charge on any atom is 0.325 e. The van der Waals surface area contributed by atoms with Gasteiger partial charge in [0.15, 0.2) is 11.6 Å². The second kappa shape index (κ2) is 9.88. The summed E-state index contributed by atoms with van der Waals surface area (Å²) in [6.45, 7) is 2.04. The number of hydrogen-bond donors (Lipinski definition) is 2. The van der Waals surface area contributed by atoms with E-state index in [2.05, 4.69) is 20.0 Å². The third kappa shape index (κ3) is 5.68. The lowest BCUT2D eigenvalue weighted by Crippen LogP contribution is -2.21. The number of nitrogens with zero attached hydrogens (tertiary/aromatic N) is 2. The quantitative estimate of drug-likeness (QED) is 0.364. The van der Waals surface area contributed by atoms with Gasteiger partial charge < -0.3 is 5.32 Å². The number of ketones is 1. The highest BCUT2D eigenvalue weighted by atomic mass is 32.1. The van der Waals surface area contributed by atoms with E-state index in [1.165, 1.54) is 12.1 Å². The minimum atomic E-state index is -0.574. The number of unbranched alkanes of at least 4 members (excludes halogenated alkanes) is 2. The Morgan fingerprint density at radius 2 is 1.86 bits per heavy atom. The number of hydrogen-bond acceptors (Lipinski definition) is 5. The molecule has 2 amide bonds. The van der Waals surface area contributed by atoms with Crippen LogP contribution < -0.4 is 10.6 Å². The molecule has 0 saturated carbocycles. The number of rotatable bonds is 8. The maximum absolute atomic E-state index is 13.6. The van der Waals surface area contributed by atoms with Crippen LogP contribution in [-0.2, 0) is 0 Å². The van der Waals surface area contributed by atoms with Crippen molar-refractivity contribution >= 4 is 34.2 Å². The zero-order valence-corrected chi connectivity index (χ0v) is 16.8. The van der Waals surface area contributed by atoms with Crippen molar-refractivity contribution in [3.8, 4) is 11.4 Å². The fourth-order valence-electron chi connectivity index (χ4n) is 2.76. The van der Waals surface area contributed by atoms with Gasteiger partial charge in [-0.15, -0.1) is 0 Å². The van der Waals surface area contributed by atoms with Crippen molar-refractivity contribution in [1.82, 2.24) is 9.36 Å². The molecule has 2 aromatic carbocycles. The Kier molecular flexibility index (Phi) is 7.02. The van der Waals surface area contributed by atoms with Gasteiger partial charge in [-0.3, -0.25) is 10.1 Å². The average molecular weight is 412 g/mol. The summed E-state index contributed by atoms with van der Waals surface area (Å²) in [5.41, 5.74) is 1.27. The highest BCUT2D eigenvalue weighted by Crippen LogP contribution is 2.23. The van der Waals surface area contributed by atoms with E-state index >= 15 is 0 Å². The molecule has 1 aromatic heterocycles. The number of nitrogens with one attached hydrogen (secondary N) is 2. The molecule has 0 saturated heterocycles. The highest BCUT2D eigenvalue weighted by molar-refractivity contribution is 7.10. The second-order valence-corrected chi connectivity index (χ2v) is 7.19. The van der Waals surface area contributed by atoms with Gasteiger partial charge in [-0.1, -0.05) is 50.1 Å². The first kappa shape index (κ1) is 20.6. The summed E-state index contributed by atoms with van der Waals surface area (Å²) < 4.78 is 17.9. The molecule has 0 spiro atoms. The molecule has 0 aliphatic carbocycles. The number of benzene rings is 2. The largest absolute Gasteiger partial charge is 0.325 e. The summed E-state index contributed by atoms with van der Waals surface area (Å²) >= 11 is 1.05. The van der Waals surface area contributed by atoms with Crippen LogP contribution in [0.4, 0.5) is 20.0 Å². The zero-order valence-electron chi connectivity index (χ0n) is 15.9.